The maximum atomic E-state index is 13.1. The van der Waals surface area contributed by atoms with Crippen LogP contribution in [0.3, 0.4) is 0 Å². The fourth-order valence-corrected chi connectivity index (χ4v) is 3.61. The van der Waals surface area contributed by atoms with Crippen molar-refractivity contribution < 1.29 is 18.0 Å². The Bertz CT molecular complexity index is 1440. The second-order valence-corrected chi connectivity index (χ2v) is 8.18. The van der Waals surface area contributed by atoms with E-state index in [2.05, 4.69) is 25.4 Å². The number of anilines is 1. The van der Waals surface area contributed by atoms with Crippen LogP contribution in [0.5, 0.6) is 0 Å². The first-order valence-electron chi connectivity index (χ1n) is 10.6. The highest BCUT2D eigenvalue weighted by Gasteiger charge is 2.31. The molecule has 35 heavy (non-hydrogen) atoms. The highest BCUT2D eigenvalue weighted by molar-refractivity contribution is 6.05. The SMILES string of the molecule is Cc1cc(=O)[nH]c(-c2cccc(NC(=O)c3cnn(-c4ccc(C(F)(F)F)cn4)c3C(C)C)c2)n1. The number of rotatable bonds is 5. The Morgan fingerprint density at radius 1 is 1.11 bits per heavy atom. The zero-order chi connectivity index (χ0) is 25.3. The van der Waals surface area contributed by atoms with Crippen LogP contribution in [0.15, 0.2) is 59.7 Å². The van der Waals surface area contributed by atoms with E-state index in [1.165, 1.54) is 23.0 Å². The molecule has 8 nitrogen and oxygen atoms in total. The molecule has 0 aliphatic carbocycles. The van der Waals surface area contributed by atoms with Gasteiger partial charge in [-0.3, -0.25) is 9.59 Å². The molecule has 0 radical (unpaired) electrons. The van der Waals surface area contributed by atoms with Crippen molar-refractivity contribution in [3.8, 4) is 17.2 Å². The lowest BCUT2D eigenvalue weighted by Gasteiger charge is -2.13. The van der Waals surface area contributed by atoms with Crippen molar-refractivity contribution in [3.05, 3.63) is 87.7 Å². The van der Waals surface area contributed by atoms with E-state index in [1.807, 2.05) is 13.8 Å². The summed E-state index contributed by atoms with van der Waals surface area (Å²) in [5.41, 5.74) is 1.23. The molecule has 0 bridgehead atoms. The molecule has 0 atom stereocenters. The van der Waals surface area contributed by atoms with Crippen molar-refractivity contribution in [2.75, 3.05) is 5.32 Å². The second-order valence-electron chi connectivity index (χ2n) is 8.18. The number of nitrogens with one attached hydrogen (secondary N) is 2. The zero-order valence-corrected chi connectivity index (χ0v) is 19.0. The van der Waals surface area contributed by atoms with Crippen LogP contribution in [0.4, 0.5) is 18.9 Å². The first-order valence-corrected chi connectivity index (χ1v) is 10.6. The number of carbonyl (C=O) groups is 1. The van der Waals surface area contributed by atoms with E-state index < -0.39 is 17.6 Å². The number of aromatic nitrogens is 5. The minimum Gasteiger partial charge on any atom is -0.322 e. The van der Waals surface area contributed by atoms with Crippen LogP contribution in [0.2, 0.25) is 0 Å². The Morgan fingerprint density at radius 2 is 1.89 bits per heavy atom. The van der Waals surface area contributed by atoms with E-state index in [0.717, 1.165) is 12.3 Å². The quantitative estimate of drug-likeness (QED) is 0.428. The zero-order valence-electron chi connectivity index (χ0n) is 19.0. The average molecular weight is 482 g/mol. The van der Waals surface area contributed by atoms with Crippen molar-refractivity contribution in [1.82, 2.24) is 24.7 Å². The van der Waals surface area contributed by atoms with Gasteiger partial charge in [-0.2, -0.15) is 18.3 Å². The molecule has 180 valence electrons. The van der Waals surface area contributed by atoms with Gasteiger partial charge in [0, 0.05) is 29.2 Å². The van der Waals surface area contributed by atoms with Crippen LogP contribution < -0.4 is 10.9 Å². The highest BCUT2D eigenvalue weighted by atomic mass is 19.4. The lowest BCUT2D eigenvalue weighted by molar-refractivity contribution is -0.137. The summed E-state index contributed by atoms with van der Waals surface area (Å²) >= 11 is 0. The molecule has 0 fully saturated rings. The van der Waals surface area contributed by atoms with Gasteiger partial charge in [-0.15, -0.1) is 0 Å². The Labute approximate surface area is 197 Å². The summed E-state index contributed by atoms with van der Waals surface area (Å²) in [6, 6.07) is 10.3. The molecule has 11 heteroatoms. The molecule has 2 N–H and O–H groups in total. The summed E-state index contributed by atoms with van der Waals surface area (Å²) in [6.45, 7) is 5.39. The topological polar surface area (TPSA) is 106 Å². The second kappa shape index (κ2) is 9.16. The lowest BCUT2D eigenvalue weighted by atomic mass is 10.0. The molecule has 0 saturated carbocycles. The Morgan fingerprint density at radius 3 is 2.51 bits per heavy atom. The fourth-order valence-electron chi connectivity index (χ4n) is 3.61. The summed E-state index contributed by atoms with van der Waals surface area (Å²) in [7, 11) is 0. The average Bonchev–Trinajstić information content (AvgIpc) is 3.24. The van der Waals surface area contributed by atoms with Gasteiger partial charge >= 0.3 is 6.18 Å². The highest BCUT2D eigenvalue weighted by Crippen LogP contribution is 2.30. The van der Waals surface area contributed by atoms with Gasteiger partial charge in [0.1, 0.15) is 5.82 Å². The van der Waals surface area contributed by atoms with E-state index >= 15 is 0 Å². The molecule has 1 aromatic carbocycles. The van der Waals surface area contributed by atoms with Crippen LogP contribution in [0.1, 0.15) is 47.1 Å². The maximum absolute atomic E-state index is 13.1. The molecule has 0 saturated heterocycles. The molecule has 0 aliphatic heterocycles. The summed E-state index contributed by atoms with van der Waals surface area (Å²) in [4.78, 5) is 35.8. The number of benzene rings is 1. The molecule has 4 aromatic rings. The smallest absolute Gasteiger partial charge is 0.322 e. The van der Waals surface area contributed by atoms with Gasteiger partial charge in [0.15, 0.2) is 5.82 Å². The first kappa shape index (κ1) is 23.9. The van der Waals surface area contributed by atoms with E-state index in [4.69, 9.17) is 0 Å². The monoisotopic (exact) mass is 482 g/mol. The molecule has 4 rings (SSSR count). The predicted octanol–water partition coefficient (Wildman–Crippen LogP) is 4.72. The lowest BCUT2D eigenvalue weighted by Crippen LogP contribution is -2.16. The van der Waals surface area contributed by atoms with Crippen molar-refractivity contribution in [2.45, 2.75) is 32.9 Å². The van der Waals surface area contributed by atoms with Crippen LogP contribution in [0.25, 0.3) is 17.2 Å². The third-order valence-corrected chi connectivity index (χ3v) is 5.15. The van der Waals surface area contributed by atoms with Gasteiger partial charge in [0.2, 0.25) is 0 Å². The minimum absolute atomic E-state index is 0.164. The largest absolute Gasteiger partial charge is 0.417 e. The van der Waals surface area contributed by atoms with E-state index in [-0.39, 0.29) is 22.9 Å². The molecule has 0 aliphatic rings. The number of pyridine rings is 1. The van der Waals surface area contributed by atoms with Gasteiger partial charge < -0.3 is 10.3 Å². The van der Waals surface area contributed by atoms with E-state index in [1.54, 1.807) is 31.2 Å². The Hall–Kier alpha value is -4.28. The number of amides is 1. The van der Waals surface area contributed by atoms with Crippen LogP contribution in [0, 0.1) is 6.92 Å². The number of alkyl halides is 3. The minimum atomic E-state index is -4.50. The van der Waals surface area contributed by atoms with Gasteiger partial charge in [-0.1, -0.05) is 26.0 Å². The molecule has 0 spiro atoms. The van der Waals surface area contributed by atoms with Crippen molar-refractivity contribution in [3.63, 3.8) is 0 Å². The maximum Gasteiger partial charge on any atom is 0.417 e. The summed E-state index contributed by atoms with van der Waals surface area (Å²) < 4.78 is 40.0. The number of hydrogen-bond acceptors (Lipinski definition) is 5. The van der Waals surface area contributed by atoms with Gasteiger partial charge in [0.25, 0.3) is 11.5 Å². The molecule has 3 aromatic heterocycles. The van der Waals surface area contributed by atoms with E-state index in [0.29, 0.717) is 28.5 Å². The van der Waals surface area contributed by atoms with Crippen molar-refractivity contribution in [1.29, 1.82) is 0 Å². The molecule has 1 amide bonds. The van der Waals surface area contributed by atoms with Crippen LogP contribution in [-0.4, -0.2) is 30.6 Å². The number of halogens is 3. The van der Waals surface area contributed by atoms with Gasteiger partial charge in [-0.05, 0) is 37.1 Å². The fraction of sp³-hybridized carbons (Fsp3) is 0.208. The van der Waals surface area contributed by atoms with Gasteiger partial charge in [0.05, 0.1) is 23.0 Å². The van der Waals surface area contributed by atoms with E-state index in [9.17, 15) is 22.8 Å². The molecular weight excluding hydrogens is 461 g/mol. The number of carbonyl (C=O) groups excluding carboxylic acids is 1. The number of aromatic amines is 1. The third-order valence-electron chi connectivity index (χ3n) is 5.15. The standard InChI is InChI=1S/C24H21F3N6O2/c1-13(2)21-18(12-29-33(21)19-8-7-16(11-28-19)24(25,26)27)23(35)31-17-6-4-5-15(10-17)22-30-14(3)9-20(34)32-22/h4-13H,1-3H3,(H,31,35)(H,30,32,34). The first-order chi connectivity index (χ1) is 16.5. The normalized spacial score (nSPS) is 11.6. The number of aryl methyl sites for hydroxylation is 1. The van der Waals surface area contributed by atoms with Crippen LogP contribution >= 0.6 is 0 Å². The molecule has 3 heterocycles. The number of nitrogens with zero attached hydrogens (tertiary/aromatic N) is 4. The molecular formula is C24H21F3N6O2. The molecule has 0 unspecified atom stereocenters. The summed E-state index contributed by atoms with van der Waals surface area (Å²) in [5.74, 6) is -0.0997. The van der Waals surface area contributed by atoms with Crippen molar-refractivity contribution >= 4 is 11.6 Å². The summed E-state index contributed by atoms with van der Waals surface area (Å²) in [5, 5.41) is 7.01. The third kappa shape index (κ3) is 5.13. The van der Waals surface area contributed by atoms with Crippen molar-refractivity contribution in [2.24, 2.45) is 0 Å². The number of hydrogen-bond donors (Lipinski definition) is 2. The van der Waals surface area contributed by atoms with Crippen LogP contribution in [-0.2, 0) is 6.18 Å². The number of H-pyrrole nitrogens is 1. The summed E-state index contributed by atoms with van der Waals surface area (Å²) in [6.07, 6.45) is -2.42. The Balaban J connectivity index is 1.63. The Kier molecular flexibility index (Phi) is 6.25. The van der Waals surface area contributed by atoms with Gasteiger partial charge in [-0.25, -0.2) is 14.6 Å². The predicted molar refractivity (Wildman–Crippen MR) is 123 cm³/mol.